The summed E-state index contributed by atoms with van der Waals surface area (Å²) in [5, 5.41) is 0.872. The Kier molecular flexibility index (Phi) is 4.43. The Labute approximate surface area is 135 Å². The van der Waals surface area contributed by atoms with E-state index in [4.69, 9.17) is 10.5 Å². The van der Waals surface area contributed by atoms with Crippen molar-refractivity contribution in [2.45, 2.75) is 38.8 Å². The molecule has 3 rings (SSSR count). The summed E-state index contributed by atoms with van der Waals surface area (Å²) in [6.45, 7) is 3.37. The van der Waals surface area contributed by atoms with Gasteiger partial charge in [0, 0.05) is 5.39 Å². The van der Waals surface area contributed by atoms with Crippen LogP contribution >= 0.6 is 0 Å². The molecule has 2 N–H and O–H groups in total. The van der Waals surface area contributed by atoms with Crippen molar-refractivity contribution < 1.29 is 9.53 Å². The number of benzene rings is 1. The van der Waals surface area contributed by atoms with Gasteiger partial charge in [-0.05, 0) is 38.4 Å². The van der Waals surface area contributed by atoms with E-state index >= 15 is 0 Å². The monoisotopic (exact) mass is 314 g/mol. The molecule has 1 fully saturated rings. The van der Waals surface area contributed by atoms with Crippen LogP contribution in [0.1, 0.15) is 30.7 Å². The molecule has 0 radical (unpaired) electrons. The lowest BCUT2D eigenvalue weighted by Crippen LogP contribution is -2.44. The molecule has 0 aliphatic carbocycles. The van der Waals surface area contributed by atoms with Crippen molar-refractivity contribution in [2.24, 2.45) is 0 Å². The summed E-state index contributed by atoms with van der Waals surface area (Å²) in [5.74, 6) is 0.948. The first kappa shape index (κ1) is 15.7. The second-order valence-electron chi connectivity index (χ2n) is 6.05. The summed E-state index contributed by atoms with van der Waals surface area (Å²) < 4.78 is 4.92. The zero-order valence-corrected chi connectivity index (χ0v) is 13.6. The molecule has 23 heavy (non-hydrogen) atoms. The van der Waals surface area contributed by atoms with Gasteiger partial charge in [0.1, 0.15) is 17.7 Å². The molecule has 1 aromatic heterocycles. The van der Waals surface area contributed by atoms with Crippen LogP contribution < -0.4 is 5.73 Å². The van der Waals surface area contributed by atoms with Crippen LogP contribution in [0.2, 0.25) is 0 Å². The van der Waals surface area contributed by atoms with Crippen molar-refractivity contribution >= 4 is 22.7 Å². The van der Waals surface area contributed by atoms with Gasteiger partial charge in [-0.3, -0.25) is 9.69 Å². The Balaban J connectivity index is 1.88. The number of carbonyl (C=O) groups is 1. The van der Waals surface area contributed by atoms with Crippen LogP contribution in [0.5, 0.6) is 0 Å². The number of aromatic nitrogens is 2. The van der Waals surface area contributed by atoms with E-state index < -0.39 is 0 Å². The van der Waals surface area contributed by atoms with Crippen molar-refractivity contribution in [3.63, 3.8) is 0 Å². The molecule has 2 heterocycles. The first-order chi connectivity index (χ1) is 11.1. The van der Waals surface area contributed by atoms with Crippen LogP contribution in [-0.2, 0) is 16.1 Å². The molecule has 0 bridgehead atoms. The van der Waals surface area contributed by atoms with Crippen molar-refractivity contribution in [1.82, 2.24) is 14.9 Å². The number of aryl methyl sites for hydroxylation is 1. The first-order valence-electron chi connectivity index (χ1n) is 7.93. The third-order valence-corrected chi connectivity index (χ3v) is 4.36. The average Bonchev–Trinajstić information content (AvgIpc) is 2.55. The minimum absolute atomic E-state index is 0.186. The number of nitrogen functional groups attached to an aromatic ring is 1. The number of hydrogen-bond donors (Lipinski definition) is 1. The first-order valence-corrected chi connectivity index (χ1v) is 7.93. The number of fused-ring (bicyclic) bond motifs is 1. The highest BCUT2D eigenvalue weighted by Gasteiger charge is 2.30. The molecule has 0 saturated carbocycles. The van der Waals surface area contributed by atoms with Gasteiger partial charge in [0.05, 0.1) is 19.2 Å². The predicted octanol–water partition coefficient (Wildman–Crippen LogP) is 2.05. The van der Waals surface area contributed by atoms with E-state index in [2.05, 4.69) is 14.9 Å². The molecule has 1 aliphatic rings. The number of hydrogen-bond acceptors (Lipinski definition) is 6. The molecule has 2 aromatic rings. The Morgan fingerprint density at radius 3 is 3.00 bits per heavy atom. The summed E-state index contributed by atoms with van der Waals surface area (Å²) in [5.41, 5.74) is 8.06. The second-order valence-corrected chi connectivity index (χ2v) is 6.05. The zero-order valence-electron chi connectivity index (χ0n) is 13.6. The number of carbonyl (C=O) groups excluding carboxylic acids is 1. The standard InChI is InChI=1S/C17H22N4O2/c1-11-6-7-13-12(9-11)16(18)20-15(19-13)10-21-8-4-3-5-14(21)17(22)23-2/h6-7,9,14H,3-5,8,10H2,1-2H3,(H2,18,19,20). The molecule has 122 valence electrons. The fourth-order valence-corrected chi connectivity index (χ4v) is 3.15. The average molecular weight is 314 g/mol. The summed E-state index contributed by atoms with van der Waals surface area (Å²) in [6, 6.07) is 5.75. The summed E-state index contributed by atoms with van der Waals surface area (Å²) in [7, 11) is 1.43. The van der Waals surface area contributed by atoms with Crippen LogP contribution in [0.15, 0.2) is 18.2 Å². The van der Waals surface area contributed by atoms with Gasteiger partial charge in [0.15, 0.2) is 0 Å². The van der Waals surface area contributed by atoms with E-state index in [1.165, 1.54) is 7.11 Å². The smallest absolute Gasteiger partial charge is 0.323 e. The van der Waals surface area contributed by atoms with Gasteiger partial charge in [0.25, 0.3) is 0 Å². The van der Waals surface area contributed by atoms with Gasteiger partial charge in [-0.2, -0.15) is 0 Å². The number of nitrogens with two attached hydrogens (primary N) is 1. The predicted molar refractivity (Wildman–Crippen MR) is 88.8 cm³/mol. The SMILES string of the molecule is COC(=O)C1CCCCN1Cc1nc(N)c2cc(C)ccc2n1. The number of ether oxygens (including phenoxy) is 1. The van der Waals surface area contributed by atoms with Crippen LogP contribution in [0.25, 0.3) is 10.9 Å². The Morgan fingerprint density at radius 2 is 2.22 bits per heavy atom. The molecular weight excluding hydrogens is 292 g/mol. The number of anilines is 1. The van der Waals surface area contributed by atoms with E-state index in [0.29, 0.717) is 18.2 Å². The van der Waals surface area contributed by atoms with E-state index in [9.17, 15) is 4.79 Å². The summed E-state index contributed by atoms with van der Waals surface area (Å²) in [6.07, 6.45) is 2.92. The highest BCUT2D eigenvalue weighted by Crippen LogP contribution is 2.23. The number of piperidine rings is 1. The fraction of sp³-hybridized carbons (Fsp3) is 0.471. The number of likely N-dealkylation sites (tertiary alicyclic amines) is 1. The molecule has 0 amide bonds. The quantitative estimate of drug-likeness (QED) is 0.873. The lowest BCUT2D eigenvalue weighted by atomic mass is 10.0. The largest absolute Gasteiger partial charge is 0.468 e. The Morgan fingerprint density at radius 1 is 1.39 bits per heavy atom. The third-order valence-electron chi connectivity index (χ3n) is 4.36. The maximum Gasteiger partial charge on any atom is 0.323 e. The molecule has 0 spiro atoms. The second kappa shape index (κ2) is 6.50. The van der Waals surface area contributed by atoms with Crippen molar-refractivity contribution in [3.8, 4) is 0 Å². The number of rotatable bonds is 3. The lowest BCUT2D eigenvalue weighted by Gasteiger charge is -2.33. The highest BCUT2D eigenvalue weighted by atomic mass is 16.5. The van der Waals surface area contributed by atoms with Crippen LogP contribution in [0.4, 0.5) is 5.82 Å². The minimum atomic E-state index is -0.215. The van der Waals surface area contributed by atoms with Crippen molar-refractivity contribution in [2.75, 3.05) is 19.4 Å². The molecular formula is C17H22N4O2. The normalized spacial score (nSPS) is 19.0. The molecule has 1 aliphatic heterocycles. The van der Waals surface area contributed by atoms with Gasteiger partial charge in [0.2, 0.25) is 0 Å². The molecule has 6 heteroatoms. The molecule has 1 atom stereocenters. The highest BCUT2D eigenvalue weighted by molar-refractivity contribution is 5.88. The maximum atomic E-state index is 12.0. The minimum Gasteiger partial charge on any atom is -0.468 e. The van der Waals surface area contributed by atoms with E-state index in [0.717, 1.165) is 42.3 Å². The van der Waals surface area contributed by atoms with Gasteiger partial charge in [-0.1, -0.05) is 18.1 Å². The number of esters is 1. The summed E-state index contributed by atoms with van der Waals surface area (Å²) in [4.78, 5) is 23.1. The number of nitrogens with zero attached hydrogens (tertiary/aromatic N) is 3. The van der Waals surface area contributed by atoms with Crippen LogP contribution in [0.3, 0.4) is 0 Å². The van der Waals surface area contributed by atoms with Gasteiger partial charge in [-0.15, -0.1) is 0 Å². The molecule has 1 aromatic carbocycles. The van der Waals surface area contributed by atoms with Crippen LogP contribution in [0, 0.1) is 6.92 Å². The van der Waals surface area contributed by atoms with Crippen molar-refractivity contribution in [1.29, 1.82) is 0 Å². The van der Waals surface area contributed by atoms with E-state index in [-0.39, 0.29) is 12.0 Å². The Bertz CT molecular complexity index is 732. The number of methoxy groups -OCH3 is 1. The Hall–Kier alpha value is -2.21. The van der Waals surface area contributed by atoms with Gasteiger partial charge < -0.3 is 10.5 Å². The van der Waals surface area contributed by atoms with Crippen LogP contribution in [-0.4, -0.2) is 40.5 Å². The molecule has 1 unspecified atom stereocenters. The third kappa shape index (κ3) is 3.27. The van der Waals surface area contributed by atoms with Gasteiger partial charge in [-0.25, -0.2) is 9.97 Å². The lowest BCUT2D eigenvalue weighted by molar-refractivity contribution is -0.148. The maximum absolute atomic E-state index is 12.0. The fourth-order valence-electron chi connectivity index (χ4n) is 3.15. The molecule has 6 nitrogen and oxygen atoms in total. The molecule has 1 saturated heterocycles. The zero-order chi connectivity index (χ0) is 16.4. The van der Waals surface area contributed by atoms with Gasteiger partial charge >= 0.3 is 5.97 Å². The topological polar surface area (TPSA) is 81.3 Å². The van der Waals surface area contributed by atoms with E-state index in [1.807, 2.05) is 25.1 Å². The summed E-state index contributed by atoms with van der Waals surface area (Å²) >= 11 is 0. The van der Waals surface area contributed by atoms with Crippen molar-refractivity contribution in [3.05, 3.63) is 29.6 Å². The van der Waals surface area contributed by atoms with E-state index in [1.54, 1.807) is 0 Å².